The van der Waals surface area contributed by atoms with Crippen molar-refractivity contribution < 1.29 is 18.3 Å². The van der Waals surface area contributed by atoms with Crippen LogP contribution in [0.2, 0.25) is 0 Å². The smallest absolute Gasteiger partial charge is 0.252 e. The molecule has 1 amide bonds. The Kier molecular flexibility index (Phi) is 6.22. The molecule has 2 aromatic carbocycles. The first-order chi connectivity index (χ1) is 17.8. The van der Waals surface area contributed by atoms with Crippen LogP contribution in [-0.2, 0) is 7.05 Å². The number of nitrogens with one attached hydrogen (secondary N) is 3. The van der Waals surface area contributed by atoms with Gasteiger partial charge in [-0.05, 0) is 36.8 Å². The summed E-state index contributed by atoms with van der Waals surface area (Å²) in [5.74, 6) is -0.886. The van der Waals surface area contributed by atoms with Gasteiger partial charge in [-0.3, -0.25) is 14.6 Å². The Balaban J connectivity index is 1.49. The average Bonchev–Trinajstić information content (AvgIpc) is 3.49. The number of amides is 1. The third-order valence-corrected chi connectivity index (χ3v) is 5.94. The van der Waals surface area contributed by atoms with Crippen LogP contribution in [0.4, 0.5) is 20.5 Å². The van der Waals surface area contributed by atoms with Crippen molar-refractivity contribution in [3.05, 3.63) is 89.0 Å². The van der Waals surface area contributed by atoms with Crippen LogP contribution in [0, 0.1) is 18.6 Å². The van der Waals surface area contributed by atoms with Crippen molar-refractivity contribution in [2.24, 2.45) is 7.05 Å². The number of ether oxygens (including phenoxy) is 1. The summed E-state index contributed by atoms with van der Waals surface area (Å²) in [6.07, 6.45) is 4.50. The maximum Gasteiger partial charge on any atom is 0.252 e. The van der Waals surface area contributed by atoms with E-state index < -0.39 is 23.6 Å². The lowest BCUT2D eigenvalue weighted by Crippen LogP contribution is -2.29. The van der Waals surface area contributed by atoms with E-state index in [9.17, 15) is 13.6 Å². The molecule has 0 unspecified atom stereocenters. The first-order valence-corrected chi connectivity index (χ1v) is 11.2. The monoisotopic (exact) mass is 504 g/mol. The molecule has 0 aliphatic carbocycles. The third-order valence-electron chi connectivity index (χ3n) is 5.94. The number of halogens is 2. The maximum atomic E-state index is 14.9. The van der Waals surface area contributed by atoms with Crippen molar-refractivity contribution in [1.82, 2.24) is 35.3 Å². The van der Waals surface area contributed by atoms with Gasteiger partial charge in [-0.15, -0.1) is 0 Å². The minimum Gasteiger partial charge on any atom is -0.494 e. The quantitative estimate of drug-likeness (QED) is 0.307. The molecule has 5 aromatic rings. The van der Waals surface area contributed by atoms with Gasteiger partial charge in [0.2, 0.25) is 5.95 Å². The Morgan fingerprint density at radius 3 is 2.65 bits per heavy atom. The van der Waals surface area contributed by atoms with Gasteiger partial charge in [0.15, 0.2) is 11.6 Å². The average molecular weight is 505 g/mol. The standard InChI is InChI=1S/C25H22F2N8O2/c1-13-16(12-29-34-13)23(14-4-5-21(37-3)19(27)8-14)33-24(36)15-9-18(26)17-11-28-25(31-20(17)10-15)32-22-6-7-30-35(22)2/h4-12,23H,1-3H3,(H,29,34)(H,33,36)(H,28,31,32)/t23-/m0/s1. The van der Waals surface area contributed by atoms with Crippen molar-refractivity contribution in [2.75, 3.05) is 12.4 Å². The molecule has 37 heavy (non-hydrogen) atoms. The van der Waals surface area contributed by atoms with E-state index in [0.717, 1.165) is 6.07 Å². The number of aryl methyl sites for hydroxylation is 2. The lowest BCUT2D eigenvalue weighted by atomic mass is 9.98. The molecule has 10 nitrogen and oxygen atoms in total. The van der Waals surface area contributed by atoms with Crippen LogP contribution in [0.1, 0.15) is 33.2 Å². The molecule has 3 N–H and O–H groups in total. The molecule has 0 bridgehead atoms. The van der Waals surface area contributed by atoms with Crippen LogP contribution in [0.25, 0.3) is 10.9 Å². The fourth-order valence-corrected chi connectivity index (χ4v) is 3.96. The van der Waals surface area contributed by atoms with Crippen LogP contribution in [0.15, 0.2) is 55.0 Å². The fourth-order valence-electron chi connectivity index (χ4n) is 3.96. The Labute approximate surface area is 209 Å². The van der Waals surface area contributed by atoms with Crippen LogP contribution in [0.5, 0.6) is 5.75 Å². The number of benzene rings is 2. The molecule has 0 spiro atoms. The maximum absolute atomic E-state index is 14.9. The van der Waals surface area contributed by atoms with Crippen molar-refractivity contribution in [1.29, 1.82) is 0 Å². The van der Waals surface area contributed by atoms with Crippen molar-refractivity contribution in [3.63, 3.8) is 0 Å². The lowest BCUT2D eigenvalue weighted by Gasteiger charge is -2.20. The molecule has 0 fully saturated rings. The molecule has 3 heterocycles. The summed E-state index contributed by atoms with van der Waals surface area (Å²) in [5, 5.41) is 16.9. The number of rotatable bonds is 7. The Bertz CT molecular complexity index is 1610. The van der Waals surface area contributed by atoms with Gasteiger partial charge in [0.1, 0.15) is 11.6 Å². The second kappa shape index (κ2) is 9.64. The molecule has 12 heteroatoms. The van der Waals surface area contributed by atoms with E-state index >= 15 is 0 Å². The highest BCUT2D eigenvalue weighted by atomic mass is 19.1. The molecule has 0 saturated carbocycles. The molecule has 0 aliphatic heterocycles. The topological polar surface area (TPSA) is 123 Å². The number of carbonyl (C=O) groups excluding carboxylic acids is 1. The third kappa shape index (κ3) is 4.68. The zero-order valence-electron chi connectivity index (χ0n) is 20.1. The lowest BCUT2D eigenvalue weighted by molar-refractivity contribution is 0.0942. The van der Waals surface area contributed by atoms with Gasteiger partial charge in [-0.1, -0.05) is 6.07 Å². The highest BCUT2D eigenvalue weighted by molar-refractivity contribution is 5.98. The van der Waals surface area contributed by atoms with E-state index in [1.165, 1.54) is 31.5 Å². The highest BCUT2D eigenvalue weighted by Crippen LogP contribution is 2.29. The van der Waals surface area contributed by atoms with Gasteiger partial charge in [0.05, 0.1) is 36.4 Å². The van der Waals surface area contributed by atoms with E-state index in [-0.39, 0.29) is 28.2 Å². The van der Waals surface area contributed by atoms with Gasteiger partial charge in [-0.2, -0.15) is 10.2 Å². The van der Waals surface area contributed by atoms with E-state index in [0.29, 0.717) is 22.6 Å². The predicted octanol–water partition coefficient (Wildman–Crippen LogP) is 3.94. The number of H-pyrrole nitrogens is 1. The van der Waals surface area contributed by atoms with Crippen molar-refractivity contribution in [2.45, 2.75) is 13.0 Å². The first kappa shape index (κ1) is 23.9. The Hall–Kier alpha value is -4.87. The van der Waals surface area contributed by atoms with E-state index in [1.54, 1.807) is 43.2 Å². The van der Waals surface area contributed by atoms with Gasteiger partial charge < -0.3 is 15.4 Å². The molecule has 3 aromatic heterocycles. The van der Waals surface area contributed by atoms with Crippen molar-refractivity contribution >= 4 is 28.6 Å². The van der Waals surface area contributed by atoms with Gasteiger partial charge >= 0.3 is 0 Å². The number of aromatic amines is 1. The normalized spacial score (nSPS) is 11.9. The number of hydrogen-bond donors (Lipinski definition) is 3. The number of aromatic nitrogens is 6. The van der Waals surface area contributed by atoms with Crippen LogP contribution < -0.4 is 15.4 Å². The van der Waals surface area contributed by atoms with E-state index in [1.807, 2.05) is 0 Å². The number of anilines is 2. The van der Waals surface area contributed by atoms with E-state index in [2.05, 4.69) is 35.9 Å². The Morgan fingerprint density at radius 2 is 1.97 bits per heavy atom. The molecule has 0 radical (unpaired) electrons. The van der Waals surface area contributed by atoms with Crippen LogP contribution >= 0.6 is 0 Å². The van der Waals surface area contributed by atoms with Gasteiger partial charge in [0.25, 0.3) is 5.91 Å². The van der Waals surface area contributed by atoms with E-state index in [4.69, 9.17) is 4.74 Å². The minimum absolute atomic E-state index is 0.0373. The zero-order chi connectivity index (χ0) is 26.1. The molecular weight excluding hydrogens is 482 g/mol. The molecule has 0 aliphatic rings. The fraction of sp³-hybridized carbons (Fsp3) is 0.160. The van der Waals surface area contributed by atoms with Gasteiger partial charge in [-0.25, -0.2) is 18.7 Å². The number of nitrogens with zero attached hydrogens (tertiary/aromatic N) is 5. The SMILES string of the molecule is COc1ccc([C@H](NC(=O)c2cc(F)c3cnc(Nc4ccnn4C)nc3c2)c2cn[nH]c2C)cc1F. The first-order valence-electron chi connectivity index (χ1n) is 11.2. The predicted molar refractivity (Wildman–Crippen MR) is 132 cm³/mol. The largest absolute Gasteiger partial charge is 0.494 e. The van der Waals surface area contributed by atoms with Gasteiger partial charge in [0, 0.05) is 36.1 Å². The number of hydrogen-bond acceptors (Lipinski definition) is 7. The summed E-state index contributed by atoms with van der Waals surface area (Å²) in [7, 11) is 3.12. The summed E-state index contributed by atoms with van der Waals surface area (Å²) in [4.78, 5) is 21.8. The summed E-state index contributed by atoms with van der Waals surface area (Å²) in [6.45, 7) is 1.78. The molecule has 188 valence electrons. The molecule has 5 rings (SSSR count). The second-order valence-electron chi connectivity index (χ2n) is 8.30. The Morgan fingerprint density at radius 1 is 1.14 bits per heavy atom. The molecule has 0 saturated heterocycles. The minimum atomic E-state index is -0.766. The second-order valence-corrected chi connectivity index (χ2v) is 8.30. The van der Waals surface area contributed by atoms with Crippen molar-refractivity contribution in [3.8, 4) is 5.75 Å². The molecular formula is C25H22F2N8O2. The molecule has 1 atom stereocenters. The van der Waals surface area contributed by atoms with Crippen LogP contribution in [0.3, 0.4) is 0 Å². The van der Waals surface area contributed by atoms with Crippen LogP contribution in [-0.4, -0.2) is 43.0 Å². The summed E-state index contributed by atoms with van der Waals surface area (Å²) >= 11 is 0. The summed E-state index contributed by atoms with van der Waals surface area (Å²) < 4.78 is 36.0. The highest BCUT2D eigenvalue weighted by Gasteiger charge is 2.23. The number of carbonyl (C=O) groups is 1. The number of fused-ring (bicyclic) bond motifs is 1. The summed E-state index contributed by atoms with van der Waals surface area (Å²) in [5.41, 5.74) is 2.04. The zero-order valence-corrected chi connectivity index (χ0v) is 20.1. The number of methoxy groups -OCH3 is 1. The summed E-state index contributed by atoms with van der Waals surface area (Å²) in [6, 6.07) is 7.95.